The van der Waals surface area contributed by atoms with Crippen molar-refractivity contribution in [1.82, 2.24) is 9.97 Å². The number of nitrogens with zero attached hydrogens (tertiary/aromatic N) is 2. The minimum atomic E-state index is 0.119. The fourth-order valence-electron chi connectivity index (χ4n) is 0.330. The van der Waals surface area contributed by atoms with Crippen LogP contribution in [-0.4, -0.2) is 9.97 Å². The predicted molar refractivity (Wildman–Crippen MR) is 37.9 cm³/mol. The second-order valence-corrected chi connectivity index (χ2v) is 2.43. The molecule has 1 aromatic heterocycles. The van der Waals surface area contributed by atoms with Gasteiger partial charge in [0, 0.05) is 0 Å². The first-order chi connectivity index (χ1) is 4.20. The van der Waals surface area contributed by atoms with Gasteiger partial charge in [-0.3, -0.25) is 0 Å². The summed E-state index contributed by atoms with van der Waals surface area (Å²) in [5.74, 6) is 0. The lowest BCUT2D eigenvalue weighted by Gasteiger charge is -1.90. The molecule has 0 atom stereocenters. The van der Waals surface area contributed by atoms with Crippen molar-refractivity contribution in [3.63, 3.8) is 0 Å². The molecule has 0 amide bonds. The van der Waals surface area contributed by atoms with Gasteiger partial charge in [-0.25, -0.2) is 9.97 Å². The zero-order valence-corrected chi connectivity index (χ0v) is 6.46. The van der Waals surface area contributed by atoms with Crippen LogP contribution in [0.3, 0.4) is 0 Å². The first-order valence-electron chi connectivity index (χ1n) is 2.05. The Labute approximate surface area is 67.6 Å². The third-order valence-corrected chi connectivity index (χ3v) is 1.56. The van der Waals surface area contributed by atoms with E-state index in [9.17, 15) is 0 Å². The molecule has 0 N–H and O–H groups in total. The Kier molecular flexibility index (Phi) is 2.05. The van der Waals surface area contributed by atoms with Crippen LogP contribution in [0.4, 0.5) is 0 Å². The summed E-state index contributed by atoms with van der Waals surface area (Å²) in [6.07, 6.45) is 1.40. The average Bonchev–Trinajstić information content (AvgIpc) is 1.80. The summed E-state index contributed by atoms with van der Waals surface area (Å²) in [5.41, 5.74) is 0. The van der Waals surface area contributed by atoms with Crippen LogP contribution in [0.2, 0.25) is 10.4 Å². The molecular formula is C4HCl2N2S. The van der Waals surface area contributed by atoms with Gasteiger partial charge in [0.2, 0.25) is 5.28 Å². The summed E-state index contributed by atoms with van der Waals surface area (Å²) < 4.78 is 0. The zero-order chi connectivity index (χ0) is 6.85. The molecule has 0 saturated heterocycles. The highest BCUT2D eigenvalue weighted by molar-refractivity contribution is 7.80. The molecule has 2 nitrogen and oxygen atoms in total. The number of hydrogen-bond donors (Lipinski definition) is 0. The Bertz CT molecular complexity index is 228. The van der Waals surface area contributed by atoms with E-state index in [0.717, 1.165) is 0 Å². The third kappa shape index (κ3) is 1.64. The molecule has 1 heterocycles. The lowest BCUT2D eigenvalue weighted by molar-refractivity contribution is 1.10. The summed E-state index contributed by atoms with van der Waals surface area (Å²) in [5, 5.41) is 0.346. The monoisotopic (exact) mass is 179 g/mol. The maximum absolute atomic E-state index is 5.47. The van der Waals surface area contributed by atoms with E-state index in [0.29, 0.717) is 4.90 Å². The first-order valence-corrected chi connectivity index (χ1v) is 3.21. The van der Waals surface area contributed by atoms with Crippen LogP contribution in [0.15, 0.2) is 11.1 Å². The number of rotatable bonds is 0. The third-order valence-electron chi connectivity index (χ3n) is 0.682. The van der Waals surface area contributed by atoms with Gasteiger partial charge in [-0.15, -0.1) is 0 Å². The molecule has 0 aliphatic rings. The van der Waals surface area contributed by atoms with Gasteiger partial charge in [-0.1, -0.05) is 24.2 Å². The zero-order valence-electron chi connectivity index (χ0n) is 4.14. The molecule has 9 heavy (non-hydrogen) atoms. The van der Waals surface area contributed by atoms with Gasteiger partial charge in [0.1, 0.15) is 0 Å². The van der Waals surface area contributed by atoms with E-state index in [1.807, 2.05) is 0 Å². The highest BCUT2D eigenvalue weighted by Crippen LogP contribution is 2.16. The van der Waals surface area contributed by atoms with Crippen molar-refractivity contribution in [3.8, 4) is 0 Å². The second-order valence-electron chi connectivity index (χ2n) is 1.29. The van der Waals surface area contributed by atoms with Gasteiger partial charge in [0.15, 0.2) is 5.15 Å². The minimum absolute atomic E-state index is 0.119. The van der Waals surface area contributed by atoms with Crippen LogP contribution >= 0.6 is 35.8 Å². The molecule has 0 fully saturated rings. The standard InChI is InChI=1S/C4HCl2N2S/c5-3-2(9)1-7-4(6)8-3/h1H. The maximum atomic E-state index is 5.47. The van der Waals surface area contributed by atoms with E-state index in [1.165, 1.54) is 6.20 Å². The molecule has 0 aliphatic heterocycles. The molecule has 0 unspecified atom stereocenters. The van der Waals surface area contributed by atoms with E-state index >= 15 is 0 Å². The Balaban J connectivity index is 3.17. The van der Waals surface area contributed by atoms with Crippen molar-refractivity contribution >= 4 is 35.8 Å². The van der Waals surface area contributed by atoms with Crippen molar-refractivity contribution in [3.05, 3.63) is 16.6 Å². The summed E-state index contributed by atoms with van der Waals surface area (Å²) in [7, 11) is 0. The SMILES string of the molecule is [S]c1cnc(Cl)nc1Cl. The Morgan fingerprint density at radius 3 is 2.56 bits per heavy atom. The van der Waals surface area contributed by atoms with Crippen molar-refractivity contribution < 1.29 is 0 Å². The van der Waals surface area contributed by atoms with Crippen LogP contribution in [0.1, 0.15) is 0 Å². The maximum Gasteiger partial charge on any atom is 0.223 e. The minimum Gasteiger partial charge on any atom is -0.225 e. The summed E-state index contributed by atoms with van der Waals surface area (Å²) >= 11 is 15.5. The van der Waals surface area contributed by atoms with Crippen molar-refractivity contribution in [2.75, 3.05) is 0 Å². The Morgan fingerprint density at radius 1 is 1.44 bits per heavy atom. The van der Waals surface area contributed by atoms with Crippen LogP contribution < -0.4 is 0 Å². The molecule has 47 valence electrons. The normalized spacial score (nSPS) is 9.56. The van der Waals surface area contributed by atoms with Crippen molar-refractivity contribution in [1.29, 1.82) is 0 Å². The van der Waals surface area contributed by atoms with E-state index in [-0.39, 0.29) is 10.4 Å². The fourth-order valence-corrected chi connectivity index (χ4v) is 0.734. The lowest BCUT2D eigenvalue weighted by atomic mass is 10.7. The molecule has 5 heteroatoms. The molecule has 1 rings (SSSR count). The van der Waals surface area contributed by atoms with E-state index < -0.39 is 0 Å². The predicted octanol–water partition coefficient (Wildman–Crippen LogP) is 2.34. The van der Waals surface area contributed by atoms with Gasteiger partial charge >= 0.3 is 0 Å². The molecule has 0 bridgehead atoms. The fraction of sp³-hybridized carbons (Fsp3) is 0. The molecule has 1 radical (unpaired) electrons. The highest BCUT2D eigenvalue weighted by Gasteiger charge is 1.98. The van der Waals surface area contributed by atoms with Gasteiger partial charge in [-0.05, 0) is 11.6 Å². The molecule has 0 aliphatic carbocycles. The first kappa shape index (κ1) is 6.99. The van der Waals surface area contributed by atoms with E-state index in [1.54, 1.807) is 0 Å². The number of hydrogen-bond acceptors (Lipinski definition) is 2. The lowest BCUT2D eigenvalue weighted by Crippen LogP contribution is -1.81. The van der Waals surface area contributed by atoms with Crippen LogP contribution in [0, 0.1) is 0 Å². The topological polar surface area (TPSA) is 25.8 Å². The molecule has 0 saturated carbocycles. The summed E-state index contributed by atoms with van der Waals surface area (Å²) in [4.78, 5) is 7.61. The van der Waals surface area contributed by atoms with E-state index in [4.69, 9.17) is 35.8 Å². The Morgan fingerprint density at radius 2 is 2.11 bits per heavy atom. The molecule has 1 aromatic rings. The Hall–Kier alpha value is -0.120. The summed E-state index contributed by atoms with van der Waals surface area (Å²) in [6.45, 7) is 0. The summed E-state index contributed by atoms with van der Waals surface area (Å²) in [6, 6.07) is 0. The smallest absolute Gasteiger partial charge is 0.223 e. The molecular weight excluding hydrogens is 179 g/mol. The highest BCUT2D eigenvalue weighted by atomic mass is 35.5. The molecule has 0 aromatic carbocycles. The number of halogens is 2. The van der Waals surface area contributed by atoms with Crippen LogP contribution in [0.5, 0.6) is 0 Å². The van der Waals surface area contributed by atoms with Crippen LogP contribution in [0.25, 0.3) is 0 Å². The average molecular weight is 180 g/mol. The van der Waals surface area contributed by atoms with Crippen molar-refractivity contribution in [2.45, 2.75) is 4.90 Å². The van der Waals surface area contributed by atoms with E-state index in [2.05, 4.69) is 9.97 Å². The quantitative estimate of drug-likeness (QED) is 0.452. The van der Waals surface area contributed by atoms with Crippen LogP contribution in [-0.2, 0) is 0 Å². The van der Waals surface area contributed by atoms with Gasteiger partial charge in [0.05, 0.1) is 11.1 Å². The second kappa shape index (κ2) is 2.64. The number of aromatic nitrogens is 2. The van der Waals surface area contributed by atoms with Gasteiger partial charge in [0.25, 0.3) is 0 Å². The van der Waals surface area contributed by atoms with Crippen molar-refractivity contribution in [2.24, 2.45) is 0 Å². The van der Waals surface area contributed by atoms with Gasteiger partial charge < -0.3 is 0 Å². The van der Waals surface area contributed by atoms with Gasteiger partial charge in [-0.2, -0.15) is 0 Å². The largest absolute Gasteiger partial charge is 0.225 e. The molecule has 0 spiro atoms.